The van der Waals surface area contributed by atoms with Crippen LogP contribution in [0.2, 0.25) is 0 Å². The third-order valence-corrected chi connectivity index (χ3v) is 6.87. The highest BCUT2D eigenvalue weighted by Crippen LogP contribution is 2.34. The summed E-state index contributed by atoms with van der Waals surface area (Å²) in [7, 11) is -2.22. The van der Waals surface area contributed by atoms with E-state index in [1.54, 1.807) is 55.6 Å². The SMILES string of the molecule is COc1ccc(NS(=O)(=O)c2ccc(NC(=O)c3ccccc3)c3c2CCCC3)cc1. The lowest BCUT2D eigenvalue weighted by Crippen LogP contribution is -2.20. The van der Waals surface area contributed by atoms with E-state index in [4.69, 9.17) is 4.74 Å². The molecule has 1 aliphatic rings. The summed E-state index contributed by atoms with van der Waals surface area (Å²) in [5.74, 6) is 0.444. The minimum atomic E-state index is -3.78. The number of methoxy groups -OCH3 is 1. The number of rotatable bonds is 6. The summed E-state index contributed by atoms with van der Waals surface area (Å²) in [5, 5.41) is 2.96. The highest BCUT2D eigenvalue weighted by molar-refractivity contribution is 7.92. The van der Waals surface area contributed by atoms with Crippen LogP contribution in [0.25, 0.3) is 0 Å². The van der Waals surface area contributed by atoms with Crippen molar-refractivity contribution in [2.45, 2.75) is 30.6 Å². The molecule has 1 aliphatic carbocycles. The van der Waals surface area contributed by atoms with Crippen molar-refractivity contribution in [3.05, 3.63) is 83.4 Å². The van der Waals surface area contributed by atoms with Gasteiger partial charge in [-0.1, -0.05) is 18.2 Å². The Kier molecular flexibility index (Phi) is 5.95. The van der Waals surface area contributed by atoms with Gasteiger partial charge in [-0.15, -0.1) is 0 Å². The summed E-state index contributed by atoms with van der Waals surface area (Å²) in [5.41, 5.74) is 3.37. The number of ether oxygens (including phenoxy) is 1. The molecule has 3 aromatic carbocycles. The summed E-state index contributed by atoms with van der Waals surface area (Å²) in [4.78, 5) is 12.9. The maximum absolute atomic E-state index is 13.2. The van der Waals surface area contributed by atoms with Crippen molar-refractivity contribution >= 4 is 27.3 Å². The highest BCUT2D eigenvalue weighted by Gasteiger charge is 2.25. The van der Waals surface area contributed by atoms with Crippen molar-refractivity contribution in [2.75, 3.05) is 17.1 Å². The largest absolute Gasteiger partial charge is 0.497 e. The fourth-order valence-electron chi connectivity index (χ4n) is 3.86. The Bertz CT molecular complexity index is 1190. The topological polar surface area (TPSA) is 84.5 Å². The van der Waals surface area contributed by atoms with Gasteiger partial charge in [-0.05, 0) is 85.3 Å². The number of sulfonamides is 1. The van der Waals surface area contributed by atoms with Crippen molar-refractivity contribution in [2.24, 2.45) is 0 Å². The Morgan fingerprint density at radius 1 is 0.871 bits per heavy atom. The van der Waals surface area contributed by atoms with Gasteiger partial charge in [-0.25, -0.2) is 8.42 Å². The average Bonchev–Trinajstić information content (AvgIpc) is 2.80. The normalized spacial score (nSPS) is 13.2. The second-order valence-corrected chi connectivity index (χ2v) is 9.08. The summed E-state index contributed by atoms with van der Waals surface area (Å²) in [6.07, 6.45) is 3.25. The molecule has 2 N–H and O–H groups in total. The van der Waals surface area contributed by atoms with Gasteiger partial charge in [0.15, 0.2) is 0 Å². The molecule has 160 valence electrons. The van der Waals surface area contributed by atoms with Gasteiger partial charge in [-0.3, -0.25) is 9.52 Å². The molecule has 3 aromatic rings. The molecule has 0 unspecified atom stereocenters. The summed E-state index contributed by atoms with van der Waals surface area (Å²) < 4.78 is 34.1. The van der Waals surface area contributed by atoms with E-state index < -0.39 is 10.0 Å². The Hall–Kier alpha value is -3.32. The first-order valence-corrected chi connectivity index (χ1v) is 11.6. The second-order valence-electron chi connectivity index (χ2n) is 7.43. The smallest absolute Gasteiger partial charge is 0.262 e. The molecular formula is C24H24N2O4S. The van der Waals surface area contributed by atoms with Gasteiger partial charge < -0.3 is 10.1 Å². The zero-order chi connectivity index (χ0) is 21.8. The first kappa shape index (κ1) is 20.9. The predicted octanol–water partition coefficient (Wildman–Crippen LogP) is 4.63. The number of amides is 1. The highest BCUT2D eigenvalue weighted by atomic mass is 32.2. The van der Waals surface area contributed by atoms with E-state index in [9.17, 15) is 13.2 Å². The molecule has 0 saturated heterocycles. The van der Waals surface area contributed by atoms with Crippen LogP contribution in [-0.4, -0.2) is 21.4 Å². The number of nitrogens with one attached hydrogen (secondary N) is 2. The summed E-state index contributed by atoms with van der Waals surface area (Å²) >= 11 is 0. The third kappa shape index (κ3) is 4.56. The number of carbonyl (C=O) groups excluding carboxylic acids is 1. The van der Waals surface area contributed by atoms with E-state index >= 15 is 0 Å². The van der Waals surface area contributed by atoms with Crippen molar-refractivity contribution < 1.29 is 17.9 Å². The molecule has 0 heterocycles. The lowest BCUT2D eigenvalue weighted by atomic mass is 9.90. The summed E-state index contributed by atoms with van der Waals surface area (Å²) in [6.45, 7) is 0. The average molecular weight is 437 g/mol. The van der Waals surface area contributed by atoms with E-state index in [0.29, 0.717) is 29.1 Å². The molecule has 0 bridgehead atoms. The van der Waals surface area contributed by atoms with Gasteiger partial charge in [0.2, 0.25) is 0 Å². The molecule has 0 radical (unpaired) electrons. The Balaban J connectivity index is 1.65. The van der Waals surface area contributed by atoms with Crippen LogP contribution >= 0.6 is 0 Å². The predicted molar refractivity (Wildman–Crippen MR) is 121 cm³/mol. The van der Waals surface area contributed by atoms with Gasteiger partial charge in [0.25, 0.3) is 15.9 Å². The molecule has 6 nitrogen and oxygen atoms in total. The number of carbonyl (C=O) groups is 1. The molecule has 0 fully saturated rings. The van der Waals surface area contributed by atoms with Crippen molar-refractivity contribution in [1.29, 1.82) is 0 Å². The van der Waals surface area contributed by atoms with Crippen LogP contribution in [0, 0.1) is 0 Å². The molecule has 31 heavy (non-hydrogen) atoms. The number of fused-ring (bicyclic) bond motifs is 1. The first-order valence-electron chi connectivity index (χ1n) is 10.2. The second kappa shape index (κ2) is 8.81. The minimum Gasteiger partial charge on any atom is -0.497 e. The molecule has 7 heteroatoms. The Labute approximate surface area is 182 Å². The molecule has 0 aromatic heterocycles. The van der Waals surface area contributed by atoms with Crippen molar-refractivity contribution in [1.82, 2.24) is 0 Å². The van der Waals surface area contributed by atoms with E-state index in [1.165, 1.54) is 0 Å². The van der Waals surface area contributed by atoms with Gasteiger partial charge in [0.05, 0.1) is 12.0 Å². The van der Waals surface area contributed by atoms with Crippen LogP contribution in [0.5, 0.6) is 5.75 Å². The van der Waals surface area contributed by atoms with Crippen LogP contribution < -0.4 is 14.8 Å². The van der Waals surface area contributed by atoms with E-state index in [0.717, 1.165) is 30.4 Å². The maximum atomic E-state index is 13.2. The number of benzene rings is 3. The Morgan fingerprint density at radius 2 is 1.55 bits per heavy atom. The van der Waals surface area contributed by atoms with Crippen molar-refractivity contribution in [3.63, 3.8) is 0 Å². The molecule has 0 atom stereocenters. The van der Waals surface area contributed by atoms with E-state index in [-0.39, 0.29) is 10.8 Å². The fourth-order valence-corrected chi connectivity index (χ4v) is 5.21. The van der Waals surface area contributed by atoms with Crippen LogP contribution in [-0.2, 0) is 22.9 Å². The van der Waals surface area contributed by atoms with E-state index in [2.05, 4.69) is 10.0 Å². The zero-order valence-electron chi connectivity index (χ0n) is 17.2. The Morgan fingerprint density at radius 3 is 2.23 bits per heavy atom. The van der Waals surface area contributed by atoms with Crippen LogP contribution in [0.3, 0.4) is 0 Å². The van der Waals surface area contributed by atoms with Gasteiger partial charge in [0.1, 0.15) is 5.75 Å². The number of anilines is 2. The van der Waals surface area contributed by atoms with Crippen LogP contribution in [0.15, 0.2) is 71.6 Å². The zero-order valence-corrected chi connectivity index (χ0v) is 18.0. The monoisotopic (exact) mass is 436 g/mol. The minimum absolute atomic E-state index is 0.208. The third-order valence-electron chi connectivity index (χ3n) is 5.41. The molecule has 0 aliphatic heterocycles. The number of hydrogen-bond donors (Lipinski definition) is 2. The lowest BCUT2D eigenvalue weighted by molar-refractivity contribution is 0.102. The number of hydrogen-bond acceptors (Lipinski definition) is 4. The van der Waals surface area contributed by atoms with Gasteiger partial charge in [0, 0.05) is 16.9 Å². The van der Waals surface area contributed by atoms with Crippen LogP contribution in [0.4, 0.5) is 11.4 Å². The van der Waals surface area contributed by atoms with Gasteiger partial charge >= 0.3 is 0 Å². The quantitative estimate of drug-likeness (QED) is 0.590. The lowest BCUT2D eigenvalue weighted by Gasteiger charge is -2.23. The molecule has 1 amide bonds. The van der Waals surface area contributed by atoms with Crippen LogP contribution in [0.1, 0.15) is 34.3 Å². The van der Waals surface area contributed by atoms with E-state index in [1.807, 2.05) is 18.2 Å². The summed E-state index contributed by atoms with van der Waals surface area (Å²) in [6, 6.07) is 19.0. The molecule has 0 spiro atoms. The molecule has 0 saturated carbocycles. The first-order chi connectivity index (χ1) is 15.0. The molecular weight excluding hydrogens is 412 g/mol. The van der Waals surface area contributed by atoms with Gasteiger partial charge in [-0.2, -0.15) is 0 Å². The maximum Gasteiger partial charge on any atom is 0.262 e. The standard InChI is InChI=1S/C24H24N2O4S/c1-30-19-13-11-18(12-14-19)26-31(28,29)23-16-15-22(20-9-5-6-10-21(20)23)25-24(27)17-7-3-2-4-8-17/h2-4,7-8,11-16,26H,5-6,9-10H2,1H3,(H,25,27). The fraction of sp³-hybridized carbons (Fsp3) is 0.208. The molecule has 4 rings (SSSR count). The van der Waals surface area contributed by atoms with Crippen molar-refractivity contribution in [3.8, 4) is 5.75 Å².